The van der Waals surface area contributed by atoms with Gasteiger partial charge >= 0.3 is 6.18 Å². The smallest absolute Gasteiger partial charge is 0.382 e. The van der Waals surface area contributed by atoms with Crippen molar-refractivity contribution in [3.05, 3.63) is 46.5 Å². The minimum Gasteiger partial charge on any atom is -0.382 e. The van der Waals surface area contributed by atoms with Gasteiger partial charge in [-0.2, -0.15) is 13.2 Å². The van der Waals surface area contributed by atoms with Crippen LogP contribution in [0.3, 0.4) is 0 Å². The fraction of sp³-hybridized carbons (Fsp3) is 0.308. The summed E-state index contributed by atoms with van der Waals surface area (Å²) in [6.45, 7) is 0. The summed E-state index contributed by atoms with van der Waals surface area (Å²) in [5.41, 5.74) is -1.34. The van der Waals surface area contributed by atoms with Crippen molar-refractivity contribution in [2.75, 3.05) is 20.4 Å². The Hall–Kier alpha value is -1.83. The lowest BCUT2D eigenvalue weighted by atomic mass is 10.1. The first-order valence-electron chi connectivity index (χ1n) is 5.73. The van der Waals surface area contributed by atoms with E-state index in [0.29, 0.717) is 6.07 Å². The molecule has 0 atom stereocenters. The molecule has 0 bridgehead atoms. The zero-order chi connectivity index (χ0) is 16.4. The molecule has 0 aliphatic heterocycles. The molecule has 21 heavy (non-hydrogen) atoms. The van der Waals surface area contributed by atoms with Gasteiger partial charge in [0.05, 0.1) is 5.56 Å². The van der Waals surface area contributed by atoms with Gasteiger partial charge in [-0.15, -0.1) is 0 Å². The molecule has 0 aromatic heterocycles. The molecular weight excluding hydrogens is 307 g/mol. The molecule has 0 radical (unpaired) electrons. The van der Waals surface area contributed by atoms with Crippen molar-refractivity contribution in [1.29, 1.82) is 0 Å². The second kappa shape index (κ2) is 5.88. The highest BCUT2D eigenvalue weighted by atomic mass is 32.2. The topological polar surface area (TPSA) is 54.5 Å². The molecule has 116 valence electrons. The summed E-state index contributed by atoms with van der Waals surface area (Å²) in [5, 5.41) is 0. The lowest BCUT2D eigenvalue weighted by Crippen LogP contribution is -2.17. The van der Waals surface area contributed by atoms with E-state index in [1.165, 1.54) is 19.0 Å². The van der Waals surface area contributed by atoms with Gasteiger partial charge in [0.1, 0.15) is 4.91 Å². The van der Waals surface area contributed by atoms with E-state index in [4.69, 9.17) is 0 Å². The van der Waals surface area contributed by atoms with Gasteiger partial charge in [0.15, 0.2) is 9.84 Å². The van der Waals surface area contributed by atoms with E-state index in [0.717, 1.165) is 30.7 Å². The molecule has 0 aliphatic rings. The summed E-state index contributed by atoms with van der Waals surface area (Å²) in [4.78, 5) is 12.9. The Morgan fingerprint density at radius 2 is 1.81 bits per heavy atom. The summed E-state index contributed by atoms with van der Waals surface area (Å²) >= 11 is 0. The maximum atomic E-state index is 12.6. The normalized spacial score (nSPS) is 13.1. The fourth-order valence-corrected chi connectivity index (χ4v) is 2.39. The van der Waals surface area contributed by atoms with Crippen LogP contribution in [0, 0.1) is 0 Å². The molecule has 0 aliphatic carbocycles. The first kappa shape index (κ1) is 17.2. The average molecular weight is 321 g/mol. The minimum absolute atomic E-state index is 0.330. The Labute approximate surface area is 120 Å². The maximum Gasteiger partial charge on any atom is 0.416 e. The SMILES string of the molecule is CN(C)/C=C(/C(=O)c1cccc(C(F)(F)F)c1)S(C)(=O)=O. The molecular formula is C13H14F3NO3S. The Morgan fingerprint density at radius 1 is 1.24 bits per heavy atom. The van der Waals surface area contributed by atoms with E-state index in [1.54, 1.807) is 0 Å². The van der Waals surface area contributed by atoms with E-state index in [2.05, 4.69) is 0 Å². The first-order valence-corrected chi connectivity index (χ1v) is 7.62. The number of ketones is 1. The summed E-state index contributed by atoms with van der Waals surface area (Å²) in [6.07, 6.45) is -2.71. The number of Topliss-reactive ketones (excluding diaryl/α,β-unsaturated/α-hetero) is 1. The van der Waals surface area contributed by atoms with E-state index in [-0.39, 0.29) is 5.56 Å². The molecule has 0 amide bonds. The third-order valence-corrected chi connectivity index (χ3v) is 3.54. The lowest BCUT2D eigenvalue weighted by Gasteiger charge is -2.11. The Morgan fingerprint density at radius 3 is 2.24 bits per heavy atom. The van der Waals surface area contributed by atoms with Crippen molar-refractivity contribution in [2.24, 2.45) is 0 Å². The van der Waals surface area contributed by atoms with E-state index in [1.807, 2.05) is 0 Å². The first-order chi connectivity index (χ1) is 9.43. The van der Waals surface area contributed by atoms with Crippen LogP contribution >= 0.6 is 0 Å². The van der Waals surface area contributed by atoms with Gasteiger partial charge in [0, 0.05) is 32.1 Å². The van der Waals surface area contributed by atoms with Gasteiger partial charge in [0.25, 0.3) is 0 Å². The maximum absolute atomic E-state index is 12.6. The Kier molecular flexibility index (Phi) is 4.83. The van der Waals surface area contributed by atoms with Crippen LogP contribution in [0.4, 0.5) is 13.2 Å². The molecule has 0 saturated heterocycles. The molecule has 0 spiro atoms. The molecule has 1 rings (SSSR count). The standard InChI is InChI=1S/C13H14F3NO3S/c1-17(2)8-11(21(3,19)20)12(18)9-5-4-6-10(7-9)13(14,15)16/h4-8H,1-3H3/b11-8-. The molecule has 1 aromatic rings. The van der Waals surface area contributed by atoms with Crippen LogP contribution in [-0.2, 0) is 16.0 Å². The number of carbonyl (C=O) groups is 1. The van der Waals surface area contributed by atoms with E-state index < -0.39 is 32.3 Å². The third-order valence-electron chi connectivity index (χ3n) is 2.45. The van der Waals surface area contributed by atoms with Crippen molar-refractivity contribution in [2.45, 2.75) is 6.18 Å². The van der Waals surface area contributed by atoms with Crippen molar-refractivity contribution < 1.29 is 26.4 Å². The fourth-order valence-electron chi connectivity index (χ4n) is 1.54. The zero-order valence-corrected chi connectivity index (χ0v) is 12.4. The molecule has 0 fully saturated rings. The van der Waals surface area contributed by atoms with Crippen molar-refractivity contribution in [3.63, 3.8) is 0 Å². The van der Waals surface area contributed by atoms with Crippen LogP contribution in [0.1, 0.15) is 15.9 Å². The van der Waals surface area contributed by atoms with Crippen molar-refractivity contribution in [3.8, 4) is 0 Å². The second-order valence-electron chi connectivity index (χ2n) is 4.64. The number of halogens is 3. The second-order valence-corrected chi connectivity index (χ2v) is 6.62. The van der Waals surface area contributed by atoms with E-state index in [9.17, 15) is 26.4 Å². The number of hydrogen-bond acceptors (Lipinski definition) is 4. The zero-order valence-electron chi connectivity index (χ0n) is 11.6. The highest BCUT2D eigenvalue weighted by Gasteiger charge is 2.31. The summed E-state index contributed by atoms with van der Waals surface area (Å²) in [7, 11) is -0.858. The highest BCUT2D eigenvalue weighted by Crippen LogP contribution is 2.30. The quantitative estimate of drug-likeness (QED) is 0.631. The number of benzene rings is 1. The number of carbonyl (C=O) groups excluding carboxylic acids is 1. The summed E-state index contributed by atoms with van der Waals surface area (Å²) in [6, 6.07) is 3.65. The van der Waals surface area contributed by atoms with Crippen LogP contribution in [0.5, 0.6) is 0 Å². The number of sulfone groups is 1. The Bertz CT molecular complexity index is 676. The predicted octanol–water partition coefficient (Wildman–Crippen LogP) is 2.34. The van der Waals surface area contributed by atoms with Crippen molar-refractivity contribution >= 4 is 15.6 Å². The van der Waals surface area contributed by atoms with Crippen LogP contribution in [0.2, 0.25) is 0 Å². The number of alkyl halides is 3. The van der Waals surface area contributed by atoms with E-state index >= 15 is 0 Å². The van der Waals surface area contributed by atoms with Gasteiger partial charge < -0.3 is 4.90 Å². The van der Waals surface area contributed by atoms with Gasteiger partial charge in [-0.3, -0.25) is 4.79 Å². The van der Waals surface area contributed by atoms with Crippen LogP contribution in [0.25, 0.3) is 0 Å². The third kappa shape index (κ3) is 4.59. The molecule has 0 N–H and O–H groups in total. The van der Waals surface area contributed by atoms with Gasteiger partial charge in [-0.25, -0.2) is 8.42 Å². The summed E-state index contributed by atoms with van der Waals surface area (Å²) < 4.78 is 61.1. The Balaban J connectivity index is 3.36. The monoisotopic (exact) mass is 321 g/mol. The number of allylic oxidation sites excluding steroid dienone is 1. The van der Waals surface area contributed by atoms with Crippen LogP contribution in [-0.4, -0.2) is 39.5 Å². The molecule has 0 saturated carbocycles. The molecule has 8 heteroatoms. The largest absolute Gasteiger partial charge is 0.416 e. The van der Waals surface area contributed by atoms with Crippen molar-refractivity contribution in [1.82, 2.24) is 4.90 Å². The van der Waals surface area contributed by atoms with Gasteiger partial charge in [-0.1, -0.05) is 12.1 Å². The number of rotatable bonds is 4. The molecule has 0 unspecified atom stereocenters. The number of hydrogen-bond donors (Lipinski definition) is 0. The van der Waals surface area contributed by atoms with Crippen LogP contribution in [0.15, 0.2) is 35.4 Å². The number of nitrogens with zero attached hydrogens (tertiary/aromatic N) is 1. The van der Waals surface area contributed by atoms with Crippen LogP contribution < -0.4 is 0 Å². The molecule has 4 nitrogen and oxygen atoms in total. The lowest BCUT2D eigenvalue weighted by molar-refractivity contribution is -0.137. The van der Waals surface area contributed by atoms with Gasteiger partial charge in [-0.05, 0) is 12.1 Å². The highest BCUT2D eigenvalue weighted by molar-refractivity contribution is 7.95. The minimum atomic E-state index is -4.60. The predicted molar refractivity (Wildman–Crippen MR) is 72.4 cm³/mol. The summed E-state index contributed by atoms with van der Waals surface area (Å²) in [5.74, 6) is -0.975. The van der Waals surface area contributed by atoms with Gasteiger partial charge in [0.2, 0.25) is 5.78 Å². The average Bonchev–Trinajstić information content (AvgIpc) is 2.33. The molecule has 1 aromatic carbocycles. The molecule has 0 heterocycles.